The summed E-state index contributed by atoms with van der Waals surface area (Å²) in [4.78, 5) is 0. The summed E-state index contributed by atoms with van der Waals surface area (Å²) in [6.07, 6.45) is 4.78. The molecule has 0 aliphatic heterocycles. The molecule has 0 bridgehead atoms. The molecule has 0 saturated heterocycles. The van der Waals surface area contributed by atoms with Crippen LogP contribution in [0, 0.1) is 5.92 Å². The minimum absolute atomic E-state index is 0.612. The summed E-state index contributed by atoms with van der Waals surface area (Å²) < 4.78 is 0. The van der Waals surface area contributed by atoms with Gasteiger partial charge < -0.3 is 5.32 Å². The van der Waals surface area contributed by atoms with Crippen molar-refractivity contribution in [3.05, 3.63) is 35.4 Å². The van der Waals surface area contributed by atoms with Crippen molar-refractivity contribution >= 4 is 0 Å². The fourth-order valence-corrected chi connectivity index (χ4v) is 2.43. The molecular formula is C17H29N. The first-order valence-corrected chi connectivity index (χ1v) is 7.52. The summed E-state index contributed by atoms with van der Waals surface area (Å²) in [7, 11) is 0. The van der Waals surface area contributed by atoms with Crippen LogP contribution < -0.4 is 5.32 Å². The van der Waals surface area contributed by atoms with Crippen molar-refractivity contribution in [2.24, 2.45) is 5.92 Å². The first-order chi connectivity index (χ1) is 8.71. The Hall–Kier alpha value is -0.820. The minimum Gasteiger partial charge on any atom is -0.314 e. The number of aryl methyl sites for hydroxylation is 1. The fraction of sp³-hybridized carbons (Fsp3) is 0.647. The molecule has 0 heterocycles. The monoisotopic (exact) mass is 247 g/mol. The summed E-state index contributed by atoms with van der Waals surface area (Å²) in [5, 5.41) is 3.63. The van der Waals surface area contributed by atoms with Gasteiger partial charge in [-0.15, -0.1) is 0 Å². The maximum Gasteiger partial charge on any atom is 0.00700 e. The van der Waals surface area contributed by atoms with Crippen LogP contribution in [0.4, 0.5) is 0 Å². The SMILES string of the molecule is CCCNC(C)C(CC)Cc1ccc(CC)cc1. The zero-order chi connectivity index (χ0) is 13.4. The number of benzene rings is 1. The van der Waals surface area contributed by atoms with Gasteiger partial charge in [0.1, 0.15) is 0 Å². The lowest BCUT2D eigenvalue weighted by atomic mass is 9.90. The van der Waals surface area contributed by atoms with Crippen molar-refractivity contribution in [3.63, 3.8) is 0 Å². The highest BCUT2D eigenvalue weighted by Gasteiger charge is 2.15. The standard InChI is InChI=1S/C17H29N/c1-5-12-18-14(4)17(7-3)13-16-10-8-15(6-2)9-11-16/h8-11,14,17-18H,5-7,12-13H2,1-4H3. The van der Waals surface area contributed by atoms with Gasteiger partial charge >= 0.3 is 0 Å². The molecule has 1 aromatic carbocycles. The summed E-state index contributed by atoms with van der Waals surface area (Å²) in [6.45, 7) is 10.2. The third kappa shape index (κ3) is 4.81. The van der Waals surface area contributed by atoms with E-state index in [1.807, 2.05) is 0 Å². The molecule has 1 heteroatoms. The van der Waals surface area contributed by atoms with Gasteiger partial charge in [-0.05, 0) is 49.8 Å². The lowest BCUT2D eigenvalue weighted by molar-refractivity contribution is 0.362. The predicted octanol–water partition coefficient (Wildman–Crippen LogP) is 4.21. The van der Waals surface area contributed by atoms with Crippen molar-refractivity contribution in [1.82, 2.24) is 5.32 Å². The van der Waals surface area contributed by atoms with E-state index in [-0.39, 0.29) is 0 Å². The van der Waals surface area contributed by atoms with Gasteiger partial charge in [0.15, 0.2) is 0 Å². The summed E-state index contributed by atoms with van der Waals surface area (Å²) in [5.74, 6) is 0.740. The van der Waals surface area contributed by atoms with Gasteiger partial charge in [-0.3, -0.25) is 0 Å². The molecule has 0 radical (unpaired) electrons. The van der Waals surface area contributed by atoms with Crippen molar-refractivity contribution in [3.8, 4) is 0 Å². The predicted molar refractivity (Wildman–Crippen MR) is 81.1 cm³/mol. The molecule has 0 saturated carbocycles. The molecule has 0 spiro atoms. The minimum atomic E-state index is 0.612. The van der Waals surface area contributed by atoms with Crippen LogP contribution >= 0.6 is 0 Å². The Bertz CT molecular complexity index is 315. The normalized spacial score (nSPS) is 14.4. The van der Waals surface area contributed by atoms with E-state index >= 15 is 0 Å². The average molecular weight is 247 g/mol. The van der Waals surface area contributed by atoms with E-state index in [9.17, 15) is 0 Å². The molecule has 0 aromatic heterocycles. The van der Waals surface area contributed by atoms with Crippen molar-refractivity contribution in [2.45, 2.75) is 59.4 Å². The van der Waals surface area contributed by atoms with Gasteiger partial charge in [0.25, 0.3) is 0 Å². The van der Waals surface area contributed by atoms with Crippen LogP contribution in [0.5, 0.6) is 0 Å². The first-order valence-electron chi connectivity index (χ1n) is 7.52. The highest BCUT2D eigenvalue weighted by atomic mass is 14.9. The maximum atomic E-state index is 3.63. The van der Waals surface area contributed by atoms with Crippen LogP contribution in [0.2, 0.25) is 0 Å². The van der Waals surface area contributed by atoms with Crippen LogP contribution in [0.25, 0.3) is 0 Å². The van der Waals surface area contributed by atoms with E-state index < -0.39 is 0 Å². The van der Waals surface area contributed by atoms with E-state index in [0.717, 1.165) is 18.9 Å². The van der Waals surface area contributed by atoms with Gasteiger partial charge in [0, 0.05) is 6.04 Å². The summed E-state index contributed by atoms with van der Waals surface area (Å²) in [5.41, 5.74) is 2.91. The van der Waals surface area contributed by atoms with E-state index in [0.29, 0.717) is 6.04 Å². The number of hydrogen-bond acceptors (Lipinski definition) is 1. The quantitative estimate of drug-likeness (QED) is 0.726. The fourth-order valence-electron chi connectivity index (χ4n) is 2.43. The maximum absolute atomic E-state index is 3.63. The Kier molecular flexibility index (Phi) is 7.04. The number of hydrogen-bond donors (Lipinski definition) is 1. The second kappa shape index (κ2) is 8.31. The molecular weight excluding hydrogens is 218 g/mol. The summed E-state index contributed by atoms with van der Waals surface area (Å²) >= 11 is 0. The first kappa shape index (κ1) is 15.2. The zero-order valence-electron chi connectivity index (χ0n) is 12.5. The molecule has 0 aliphatic rings. The molecule has 102 valence electrons. The number of rotatable bonds is 8. The highest BCUT2D eigenvalue weighted by Crippen LogP contribution is 2.17. The molecule has 1 rings (SSSR count). The lowest BCUT2D eigenvalue weighted by Gasteiger charge is -2.24. The molecule has 1 aromatic rings. The molecule has 2 unspecified atom stereocenters. The van der Waals surface area contributed by atoms with Gasteiger partial charge in [-0.25, -0.2) is 0 Å². The van der Waals surface area contributed by atoms with E-state index in [4.69, 9.17) is 0 Å². The highest BCUT2D eigenvalue weighted by molar-refractivity contribution is 5.23. The van der Waals surface area contributed by atoms with E-state index in [2.05, 4.69) is 57.3 Å². The van der Waals surface area contributed by atoms with Crippen LogP contribution in [-0.2, 0) is 12.8 Å². The van der Waals surface area contributed by atoms with Crippen molar-refractivity contribution < 1.29 is 0 Å². The van der Waals surface area contributed by atoms with Gasteiger partial charge in [-0.2, -0.15) is 0 Å². The Balaban J connectivity index is 2.55. The van der Waals surface area contributed by atoms with E-state index in [1.165, 1.54) is 30.4 Å². The topological polar surface area (TPSA) is 12.0 Å². The Morgan fingerprint density at radius 3 is 2.11 bits per heavy atom. The van der Waals surface area contributed by atoms with Crippen molar-refractivity contribution in [1.29, 1.82) is 0 Å². The smallest absolute Gasteiger partial charge is 0.00700 e. The molecule has 0 fully saturated rings. The third-order valence-corrected chi connectivity index (χ3v) is 3.88. The lowest BCUT2D eigenvalue weighted by Crippen LogP contribution is -2.34. The van der Waals surface area contributed by atoms with Crippen LogP contribution in [0.15, 0.2) is 24.3 Å². The van der Waals surface area contributed by atoms with Crippen LogP contribution in [0.3, 0.4) is 0 Å². The largest absolute Gasteiger partial charge is 0.314 e. The summed E-state index contributed by atoms with van der Waals surface area (Å²) in [6, 6.07) is 9.75. The molecule has 0 aliphatic carbocycles. The molecule has 2 atom stereocenters. The number of nitrogens with one attached hydrogen (secondary N) is 1. The van der Waals surface area contributed by atoms with Crippen molar-refractivity contribution in [2.75, 3.05) is 6.54 Å². The second-order valence-corrected chi connectivity index (χ2v) is 5.29. The van der Waals surface area contributed by atoms with Gasteiger partial charge in [0.05, 0.1) is 0 Å². The molecule has 0 amide bonds. The third-order valence-electron chi connectivity index (χ3n) is 3.88. The van der Waals surface area contributed by atoms with E-state index in [1.54, 1.807) is 0 Å². The second-order valence-electron chi connectivity index (χ2n) is 5.29. The Morgan fingerprint density at radius 1 is 1.00 bits per heavy atom. The molecule has 18 heavy (non-hydrogen) atoms. The Morgan fingerprint density at radius 2 is 1.61 bits per heavy atom. The average Bonchev–Trinajstić information content (AvgIpc) is 2.42. The molecule has 1 N–H and O–H groups in total. The Labute approximate surface area is 113 Å². The van der Waals surface area contributed by atoms with Gasteiger partial charge in [-0.1, -0.05) is 51.5 Å². The molecule has 1 nitrogen and oxygen atoms in total. The van der Waals surface area contributed by atoms with Gasteiger partial charge in [0.2, 0.25) is 0 Å². The zero-order valence-corrected chi connectivity index (χ0v) is 12.5. The van der Waals surface area contributed by atoms with Crippen LogP contribution in [-0.4, -0.2) is 12.6 Å². The van der Waals surface area contributed by atoms with Crippen LogP contribution in [0.1, 0.15) is 51.7 Å².